The van der Waals surface area contributed by atoms with Gasteiger partial charge in [-0.2, -0.15) is 0 Å². The van der Waals surface area contributed by atoms with Gasteiger partial charge in [0.2, 0.25) is 0 Å². The SMILES string of the molecule is CC/C=C\C/C=C\C/C=C\C/C=C\C/C=C\C/C=C\C/C=C\C/C=C\CCCCCCCCC(=O)OCC(COC(=O)CCCCCCCCCC)OC(=O)CCCCCCCCCCCC. The van der Waals surface area contributed by atoms with Gasteiger partial charge in [0.05, 0.1) is 0 Å². The molecule has 0 saturated heterocycles. The van der Waals surface area contributed by atoms with Crippen molar-refractivity contribution in [3.8, 4) is 0 Å². The van der Waals surface area contributed by atoms with Gasteiger partial charge in [-0.25, -0.2) is 0 Å². The van der Waals surface area contributed by atoms with E-state index in [-0.39, 0.29) is 31.1 Å². The van der Waals surface area contributed by atoms with Crippen molar-refractivity contribution in [1.82, 2.24) is 0 Å². The second kappa shape index (κ2) is 54.9. The molecule has 0 radical (unpaired) electrons. The summed E-state index contributed by atoms with van der Waals surface area (Å²) in [7, 11) is 0. The fourth-order valence-corrected chi connectivity index (χ4v) is 7.46. The van der Waals surface area contributed by atoms with Crippen LogP contribution in [0.1, 0.15) is 252 Å². The summed E-state index contributed by atoms with van der Waals surface area (Å²) in [4.78, 5) is 37.8. The lowest BCUT2D eigenvalue weighted by molar-refractivity contribution is -0.167. The number of carbonyl (C=O) groups is 3. The maximum absolute atomic E-state index is 12.7. The summed E-state index contributed by atoms with van der Waals surface area (Å²) < 4.78 is 16.7. The highest BCUT2D eigenvalue weighted by Crippen LogP contribution is 2.14. The van der Waals surface area contributed by atoms with Crippen LogP contribution in [0.5, 0.6) is 0 Å². The summed E-state index contributed by atoms with van der Waals surface area (Å²) >= 11 is 0. The normalized spacial score (nSPS) is 12.8. The van der Waals surface area contributed by atoms with Gasteiger partial charge in [-0.3, -0.25) is 14.4 Å². The largest absolute Gasteiger partial charge is 0.462 e. The van der Waals surface area contributed by atoms with E-state index in [0.29, 0.717) is 19.3 Å². The summed E-state index contributed by atoms with van der Waals surface area (Å²) in [5, 5.41) is 0. The lowest BCUT2D eigenvalue weighted by Gasteiger charge is -2.18. The number of rotatable bonds is 49. The van der Waals surface area contributed by atoms with Crippen molar-refractivity contribution < 1.29 is 28.6 Å². The Hall–Kier alpha value is -3.67. The Labute approximate surface area is 413 Å². The first-order valence-corrected chi connectivity index (χ1v) is 27.7. The van der Waals surface area contributed by atoms with Gasteiger partial charge in [0.15, 0.2) is 6.10 Å². The lowest BCUT2D eigenvalue weighted by Crippen LogP contribution is -2.30. The van der Waals surface area contributed by atoms with Crippen LogP contribution in [-0.2, 0) is 28.6 Å². The van der Waals surface area contributed by atoms with Crippen molar-refractivity contribution >= 4 is 17.9 Å². The molecular weight excluding hydrogens is 829 g/mol. The van der Waals surface area contributed by atoms with Gasteiger partial charge in [-0.1, -0.05) is 246 Å². The fraction of sp³-hybridized carbons (Fsp3) is 0.689. The number of hydrogen-bond acceptors (Lipinski definition) is 6. The predicted octanol–water partition coefficient (Wildman–Crippen LogP) is 18.5. The molecule has 0 aromatic rings. The molecule has 6 heteroatoms. The van der Waals surface area contributed by atoms with E-state index in [1.807, 2.05) is 0 Å². The van der Waals surface area contributed by atoms with Crippen molar-refractivity contribution in [2.24, 2.45) is 0 Å². The molecule has 0 aliphatic carbocycles. The van der Waals surface area contributed by atoms with E-state index in [4.69, 9.17) is 14.2 Å². The zero-order chi connectivity index (χ0) is 48.6. The topological polar surface area (TPSA) is 78.9 Å². The summed E-state index contributed by atoms with van der Waals surface area (Å²) in [5.74, 6) is -0.901. The molecule has 382 valence electrons. The van der Waals surface area contributed by atoms with Gasteiger partial charge in [0.25, 0.3) is 0 Å². The average molecular weight is 931 g/mol. The van der Waals surface area contributed by atoms with E-state index < -0.39 is 6.10 Å². The van der Waals surface area contributed by atoms with Gasteiger partial charge < -0.3 is 14.2 Å². The third-order valence-electron chi connectivity index (χ3n) is 11.6. The van der Waals surface area contributed by atoms with Crippen LogP contribution in [0.3, 0.4) is 0 Å². The fourth-order valence-electron chi connectivity index (χ4n) is 7.46. The van der Waals surface area contributed by atoms with Crippen molar-refractivity contribution in [1.29, 1.82) is 0 Å². The lowest BCUT2D eigenvalue weighted by atomic mass is 10.1. The first-order valence-electron chi connectivity index (χ1n) is 27.7. The Morgan fingerprint density at radius 3 is 0.910 bits per heavy atom. The number of esters is 3. The monoisotopic (exact) mass is 931 g/mol. The zero-order valence-electron chi connectivity index (χ0n) is 43.6. The molecule has 0 heterocycles. The van der Waals surface area contributed by atoms with Crippen LogP contribution in [0.25, 0.3) is 0 Å². The number of allylic oxidation sites excluding steroid dienone is 16. The van der Waals surface area contributed by atoms with Crippen LogP contribution >= 0.6 is 0 Å². The molecular formula is C61H102O6. The first kappa shape index (κ1) is 63.3. The quantitative estimate of drug-likeness (QED) is 0.0262. The molecule has 0 fully saturated rings. The Morgan fingerprint density at radius 2 is 0.582 bits per heavy atom. The second-order valence-electron chi connectivity index (χ2n) is 18.1. The minimum Gasteiger partial charge on any atom is -0.462 e. The van der Waals surface area contributed by atoms with Crippen LogP contribution in [0.2, 0.25) is 0 Å². The van der Waals surface area contributed by atoms with E-state index in [9.17, 15) is 14.4 Å². The van der Waals surface area contributed by atoms with Gasteiger partial charge in [-0.15, -0.1) is 0 Å². The van der Waals surface area contributed by atoms with Crippen LogP contribution in [0.15, 0.2) is 97.2 Å². The zero-order valence-corrected chi connectivity index (χ0v) is 43.6. The van der Waals surface area contributed by atoms with Crippen molar-refractivity contribution in [2.75, 3.05) is 13.2 Å². The summed E-state index contributed by atoms with van der Waals surface area (Å²) in [6, 6.07) is 0. The number of hydrogen-bond donors (Lipinski definition) is 0. The van der Waals surface area contributed by atoms with Gasteiger partial charge in [0.1, 0.15) is 13.2 Å². The highest BCUT2D eigenvalue weighted by atomic mass is 16.6. The van der Waals surface area contributed by atoms with Crippen LogP contribution in [0.4, 0.5) is 0 Å². The molecule has 1 atom stereocenters. The Kier molecular flexibility index (Phi) is 51.9. The van der Waals surface area contributed by atoms with Crippen LogP contribution in [0, 0.1) is 0 Å². The molecule has 0 N–H and O–H groups in total. The molecule has 1 unspecified atom stereocenters. The van der Waals surface area contributed by atoms with Gasteiger partial charge >= 0.3 is 17.9 Å². The predicted molar refractivity (Wildman–Crippen MR) is 288 cm³/mol. The molecule has 0 aromatic heterocycles. The Balaban J connectivity index is 4.15. The van der Waals surface area contributed by atoms with Crippen molar-refractivity contribution in [3.05, 3.63) is 97.2 Å². The number of carbonyl (C=O) groups excluding carboxylic acids is 3. The summed E-state index contributed by atoms with van der Waals surface area (Å²) in [6.45, 7) is 6.46. The van der Waals surface area contributed by atoms with E-state index in [2.05, 4.69) is 118 Å². The minimum atomic E-state index is -0.777. The smallest absolute Gasteiger partial charge is 0.306 e. The third kappa shape index (κ3) is 53.2. The van der Waals surface area contributed by atoms with E-state index >= 15 is 0 Å². The molecule has 6 nitrogen and oxygen atoms in total. The molecule has 67 heavy (non-hydrogen) atoms. The van der Waals surface area contributed by atoms with Crippen molar-refractivity contribution in [3.63, 3.8) is 0 Å². The van der Waals surface area contributed by atoms with E-state index in [1.54, 1.807) is 0 Å². The summed E-state index contributed by atoms with van der Waals surface area (Å²) in [6.07, 6.45) is 72.8. The van der Waals surface area contributed by atoms with Crippen molar-refractivity contribution in [2.45, 2.75) is 258 Å². The number of ether oxygens (including phenoxy) is 3. The maximum atomic E-state index is 12.7. The van der Waals surface area contributed by atoms with Crippen LogP contribution < -0.4 is 0 Å². The molecule has 0 bridgehead atoms. The molecule has 0 amide bonds. The molecule has 0 rings (SSSR count). The van der Waals surface area contributed by atoms with Crippen LogP contribution in [-0.4, -0.2) is 37.2 Å². The van der Waals surface area contributed by atoms with Gasteiger partial charge in [-0.05, 0) is 83.5 Å². The Bertz CT molecular complexity index is 1350. The highest BCUT2D eigenvalue weighted by Gasteiger charge is 2.19. The average Bonchev–Trinajstić information content (AvgIpc) is 3.33. The van der Waals surface area contributed by atoms with Gasteiger partial charge in [0, 0.05) is 19.3 Å². The highest BCUT2D eigenvalue weighted by molar-refractivity contribution is 5.71. The minimum absolute atomic E-state index is 0.0795. The standard InChI is InChI=1S/C61H102O6/c1-4-7-10-13-16-19-21-22-23-24-25-26-27-28-29-30-31-32-33-34-35-36-37-38-39-40-41-43-45-48-51-54-60(63)66-57-58(56-65-59(62)53-50-47-44-18-15-12-9-6-3)67-61(64)55-52-49-46-42-20-17-14-11-8-5-2/h7,10,16,19,22-23,25-26,28-29,31-32,34-35,37-38,58H,4-6,8-9,11-15,17-18,20-21,24,27,30,33,36,39-57H2,1-3H3/b10-7-,19-16-,23-22-,26-25-,29-28-,32-31-,35-34-,38-37-. The molecule has 0 aliphatic heterocycles. The van der Waals surface area contributed by atoms with E-state index in [1.165, 1.54) is 89.9 Å². The molecule has 0 saturated carbocycles. The second-order valence-corrected chi connectivity index (χ2v) is 18.1. The van der Waals surface area contributed by atoms with E-state index in [0.717, 1.165) is 122 Å². The first-order chi connectivity index (χ1) is 33.0. The summed E-state index contributed by atoms with van der Waals surface area (Å²) in [5.41, 5.74) is 0. The maximum Gasteiger partial charge on any atom is 0.306 e. The molecule has 0 spiro atoms. The Morgan fingerprint density at radius 1 is 0.313 bits per heavy atom. The molecule has 0 aliphatic rings. The third-order valence-corrected chi connectivity index (χ3v) is 11.6. The number of unbranched alkanes of at least 4 members (excludes halogenated alkanes) is 22. The molecule has 0 aromatic carbocycles.